The monoisotopic (exact) mass is 272 g/mol. The standard InChI is InChI=1S/C14H9ClN2O2/c15-10-1-3-12(9(5-10)7-16)17-11-2-4-13-14(6-11)19-8-18-13/h1-6,17H,8H2. The van der Waals surface area contributed by atoms with E-state index in [0.29, 0.717) is 22.0 Å². The molecule has 0 bridgehead atoms. The molecule has 0 aromatic heterocycles. The first-order valence-corrected chi connectivity index (χ1v) is 6.00. The summed E-state index contributed by atoms with van der Waals surface area (Å²) in [5.41, 5.74) is 2.01. The SMILES string of the molecule is N#Cc1cc(Cl)ccc1Nc1ccc2c(c1)OCO2. The lowest BCUT2D eigenvalue weighted by molar-refractivity contribution is 0.174. The van der Waals surface area contributed by atoms with E-state index in [1.165, 1.54) is 0 Å². The summed E-state index contributed by atoms with van der Waals surface area (Å²) in [5, 5.41) is 12.8. The molecule has 3 rings (SSSR count). The molecule has 1 aliphatic heterocycles. The fourth-order valence-electron chi connectivity index (χ4n) is 1.85. The Hall–Kier alpha value is -2.38. The van der Waals surface area contributed by atoms with Gasteiger partial charge < -0.3 is 14.8 Å². The third kappa shape index (κ3) is 2.28. The summed E-state index contributed by atoms with van der Waals surface area (Å²) < 4.78 is 10.5. The Kier molecular flexibility index (Phi) is 2.90. The summed E-state index contributed by atoms with van der Waals surface area (Å²) in [6, 6.07) is 12.8. The van der Waals surface area contributed by atoms with Gasteiger partial charge in [0, 0.05) is 16.8 Å². The quantitative estimate of drug-likeness (QED) is 0.906. The van der Waals surface area contributed by atoms with Crippen LogP contribution in [-0.2, 0) is 0 Å². The summed E-state index contributed by atoms with van der Waals surface area (Å²) in [6.07, 6.45) is 0. The molecule has 0 amide bonds. The Morgan fingerprint density at radius 3 is 2.79 bits per heavy atom. The number of nitriles is 1. The Morgan fingerprint density at radius 2 is 1.95 bits per heavy atom. The van der Waals surface area contributed by atoms with Crippen LogP contribution in [0.3, 0.4) is 0 Å². The highest BCUT2D eigenvalue weighted by molar-refractivity contribution is 6.30. The van der Waals surface area contributed by atoms with Crippen molar-refractivity contribution >= 4 is 23.0 Å². The first kappa shape index (κ1) is 11.7. The molecule has 5 heteroatoms. The topological polar surface area (TPSA) is 54.3 Å². The highest BCUT2D eigenvalue weighted by atomic mass is 35.5. The van der Waals surface area contributed by atoms with E-state index in [1.807, 2.05) is 18.2 Å². The van der Waals surface area contributed by atoms with Crippen molar-refractivity contribution < 1.29 is 9.47 Å². The van der Waals surface area contributed by atoms with Gasteiger partial charge in [0.1, 0.15) is 6.07 Å². The second-order valence-electron chi connectivity index (χ2n) is 3.99. The van der Waals surface area contributed by atoms with Crippen LogP contribution in [0, 0.1) is 11.3 Å². The molecular formula is C14H9ClN2O2. The minimum atomic E-state index is 0.239. The first-order chi connectivity index (χ1) is 9.26. The Bertz CT molecular complexity index is 680. The number of ether oxygens (including phenoxy) is 2. The molecule has 2 aromatic carbocycles. The van der Waals surface area contributed by atoms with Gasteiger partial charge in [0.15, 0.2) is 11.5 Å². The largest absolute Gasteiger partial charge is 0.454 e. The molecule has 0 unspecified atom stereocenters. The lowest BCUT2D eigenvalue weighted by atomic mass is 10.2. The molecule has 0 saturated carbocycles. The molecule has 1 N–H and O–H groups in total. The summed E-state index contributed by atoms with van der Waals surface area (Å²) >= 11 is 5.86. The molecule has 0 aliphatic carbocycles. The van der Waals surface area contributed by atoms with Crippen LogP contribution in [0.2, 0.25) is 5.02 Å². The van der Waals surface area contributed by atoms with E-state index in [9.17, 15) is 0 Å². The van der Waals surface area contributed by atoms with Gasteiger partial charge in [0.2, 0.25) is 6.79 Å². The molecule has 4 nitrogen and oxygen atoms in total. The van der Waals surface area contributed by atoms with Gasteiger partial charge in [-0.3, -0.25) is 0 Å². The van der Waals surface area contributed by atoms with E-state index in [-0.39, 0.29) is 6.79 Å². The van der Waals surface area contributed by atoms with Gasteiger partial charge in [-0.05, 0) is 30.3 Å². The molecule has 0 saturated heterocycles. The van der Waals surface area contributed by atoms with E-state index < -0.39 is 0 Å². The van der Waals surface area contributed by atoms with Gasteiger partial charge >= 0.3 is 0 Å². The van der Waals surface area contributed by atoms with Gasteiger partial charge in [0.05, 0.1) is 11.3 Å². The van der Waals surface area contributed by atoms with Crippen molar-refractivity contribution in [3.05, 3.63) is 47.0 Å². The molecule has 1 aliphatic rings. The van der Waals surface area contributed by atoms with E-state index in [0.717, 1.165) is 11.4 Å². The highest BCUT2D eigenvalue weighted by Crippen LogP contribution is 2.35. The number of hydrogen-bond acceptors (Lipinski definition) is 4. The Balaban J connectivity index is 1.92. The number of nitrogens with one attached hydrogen (secondary N) is 1. The third-order valence-corrected chi connectivity index (χ3v) is 2.99. The predicted molar refractivity (Wildman–Crippen MR) is 72.0 cm³/mol. The summed E-state index contributed by atoms with van der Waals surface area (Å²) in [7, 11) is 0. The van der Waals surface area contributed by atoms with Gasteiger partial charge in [-0.25, -0.2) is 0 Å². The van der Waals surface area contributed by atoms with Crippen LogP contribution in [-0.4, -0.2) is 6.79 Å². The van der Waals surface area contributed by atoms with Crippen LogP contribution >= 0.6 is 11.6 Å². The lowest BCUT2D eigenvalue weighted by Crippen LogP contribution is -1.94. The molecule has 19 heavy (non-hydrogen) atoms. The number of halogens is 1. The second kappa shape index (κ2) is 4.71. The fraction of sp³-hybridized carbons (Fsp3) is 0.0714. The Morgan fingerprint density at radius 1 is 1.11 bits per heavy atom. The van der Waals surface area contributed by atoms with Crippen LogP contribution in [0.15, 0.2) is 36.4 Å². The van der Waals surface area contributed by atoms with Gasteiger partial charge in [0.25, 0.3) is 0 Å². The maximum Gasteiger partial charge on any atom is 0.231 e. The molecular weight excluding hydrogens is 264 g/mol. The molecule has 0 fully saturated rings. The third-order valence-electron chi connectivity index (χ3n) is 2.75. The fourth-order valence-corrected chi connectivity index (χ4v) is 2.02. The number of hydrogen-bond donors (Lipinski definition) is 1. The van der Waals surface area contributed by atoms with Gasteiger partial charge in [-0.15, -0.1) is 0 Å². The van der Waals surface area contributed by atoms with Crippen molar-refractivity contribution in [3.8, 4) is 17.6 Å². The maximum atomic E-state index is 9.08. The first-order valence-electron chi connectivity index (χ1n) is 5.62. The maximum absolute atomic E-state index is 9.08. The molecule has 0 atom stereocenters. The van der Waals surface area contributed by atoms with Crippen molar-refractivity contribution in [3.63, 3.8) is 0 Å². The predicted octanol–water partition coefficient (Wildman–Crippen LogP) is 3.68. The van der Waals surface area contributed by atoms with E-state index >= 15 is 0 Å². The molecule has 2 aromatic rings. The van der Waals surface area contributed by atoms with Crippen LogP contribution < -0.4 is 14.8 Å². The van der Waals surface area contributed by atoms with E-state index in [1.54, 1.807) is 18.2 Å². The Labute approximate surface area is 115 Å². The van der Waals surface area contributed by atoms with Gasteiger partial charge in [-0.2, -0.15) is 5.26 Å². The van der Waals surface area contributed by atoms with Crippen molar-refractivity contribution in [2.75, 3.05) is 12.1 Å². The van der Waals surface area contributed by atoms with Crippen molar-refractivity contribution in [1.29, 1.82) is 5.26 Å². The second-order valence-corrected chi connectivity index (χ2v) is 4.43. The number of rotatable bonds is 2. The van der Waals surface area contributed by atoms with Crippen molar-refractivity contribution in [2.24, 2.45) is 0 Å². The molecule has 94 valence electrons. The minimum absolute atomic E-state index is 0.239. The number of nitrogens with zero attached hydrogens (tertiary/aromatic N) is 1. The zero-order valence-corrected chi connectivity index (χ0v) is 10.6. The highest BCUT2D eigenvalue weighted by Gasteiger charge is 2.13. The molecule has 1 heterocycles. The lowest BCUT2D eigenvalue weighted by Gasteiger charge is -2.09. The van der Waals surface area contributed by atoms with Crippen LogP contribution in [0.1, 0.15) is 5.56 Å². The van der Waals surface area contributed by atoms with E-state index in [4.69, 9.17) is 26.3 Å². The van der Waals surface area contributed by atoms with Crippen LogP contribution in [0.25, 0.3) is 0 Å². The zero-order valence-electron chi connectivity index (χ0n) is 9.81. The smallest absolute Gasteiger partial charge is 0.231 e. The number of benzene rings is 2. The zero-order chi connectivity index (χ0) is 13.2. The number of fused-ring (bicyclic) bond motifs is 1. The van der Waals surface area contributed by atoms with Crippen LogP contribution in [0.5, 0.6) is 11.5 Å². The van der Waals surface area contributed by atoms with Crippen molar-refractivity contribution in [1.82, 2.24) is 0 Å². The minimum Gasteiger partial charge on any atom is -0.454 e. The van der Waals surface area contributed by atoms with E-state index in [2.05, 4.69) is 11.4 Å². The van der Waals surface area contributed by atoms with Crippen molar-refractivity contribution in [2.45, 2.75) is 0 Å². The van der Waals surface area contributed by atoms with Crippen LogP contribution in [0.4, 0.5) is 11.4 Å². The average molecular weight is 273 g/mol. The summed E-state index contributed by atoms with van der Waals surface area (Å²) in [4.78, 5) is 0. The molecule has 0 radical (unpaired) electrons. The molecule has 0 spiro atoms. The summed E-state index contributed by atoms with van der Waals surface area (Å²) in [6.45, 7) is 0.239. The summed E-state index contributed by atoms with van der Waals surface area (Å²) in [5.74, 6) is 1.42. The normalized spacial score (nSPS) is 12.0. The van der Waals surface area contributed by atoms with Gasteiger partial charge in [-0.1, -0.05) is 11.6 Å². The average Bonchev–Trinajstić information content (AvgIpc) is 2.88. The number of anilines is 2.